The molecule has 0 radical (unpaired) electrons. The normalized spacial score (nSPS) is 11.6. The maximum Gasteiger partial charge on any atom is 0.348 e. The Morgan fingerprint density at radius 1 is 0.976 bits per heavy atom. The topological polar surface area (TPSA) is 137 Å². The van der Waals surface area contributed by atoms with E-state index in [0.29, 0.717) is 22.7 Å². The molecule has 212 valence electrons. The van der Waals surface area contributed by atoms with E-state index in [1.165, 1.54) is 35.9 Å². The van der Waals surface area contributed by atoms with E-state index in [0.717, 1.165) is 10.2 Å². The van der Waals surface area contributed by atoms with Crippen LogP contribution in [0.5, 0.6) is 5.75 Å². The zero-order valence-electron chi connectivity index (χ0n) is 23.2. The second-order valence-electron chi connectivity index (χ2n) is 9.76. The Balaban J connectivity index is 1.87. The smallest absolute Gasteiger partial charge is 0.348 e. The first-order valence-corrected chi connectivity index (χ1v) is 13.0. The van der Waals surface area contributed by atoms with Gasteiger partial charge in [-0.05, 0) is 62.7 Å². The lowest BCUT2D eigenvalue weighted by Crippen LogP contribution is -2.43. The molecule has 1 aromatic heterocycles. The summed E-state index contributed by atoms with van der Waals surface area (Å²) in [6.45, 7) is 5.33. The van der Waals surface area contributed by atoms with Gasteiger partial charge in [-0.15, -0.1) is 0 Å². The number of carbonyl (C=O) groups excluding carboxylic acids is 2. The van der Waals surface area contributed by atoms with Gasteiger partial charge in [-0.2, -0.15) is 4.68 Å². The number of carbonyl (C=O) groups is 2. The molecular weight excluding hydrogens is 526 g/mol. The zero-order chi connectivity index (χ0) is 29.7. The number of imidazole rings is 1. The summed E-state index contributed by atoms with van der Waals surface area (Å²) in [5.41, 5.74) is 4.16. The van der Waals surface area contributed by atoms with Crippen molar-refractivity contribution in [3.05, 3.63) is 116 Å². The fourth-order valence-electron chi connectivity index (χ4n) is 4.60. The first-order chi connectivity index (χ1) is 19.6. The van der Waals surface area contributed by atoms with E-state index in [4.69, 9.17) is 4.74 Å². The van der Waals surface area contributed by atoms with Gasteiger partial charge in [-0.1, -0.05) is 30.3 Å². The number of ether oxygens (including phenoxy) is 1. The van der Waals surface area contributed by atoms with Crippen molar-refractivity contribution in [1.29, 1.82) is 0 Å². The maximum absolute atomic E-state index is 14.1. The molecular formula is C30H31N5O6. The molecule has 0 saturated heterocycles. The molecule has 41 heavy (non-hydrogen) atoms. The number of hydrogen-bond acceptors (Lipinski definition) is 6. The van der Waals surface area contributed by atoms with Crippen molar-refractivity contribution in [2.75, 3.05) is 12.5 Å². The minimum Gasteiger partial charge on any atom is -0.497 e. The van der Waals surface area contributed by atoms with Crippen LogP contribution >= 0.6 is 0 Å². The molecule has 4 rings (SSSR count). The van der Waals surface area contributed by atoms with Gasteiger partial charge in [0.15, 0.2) is 0 Å². The lowest BCUT2D eigenvalue weighted by atomic mass is 10.0. The molecule has 0 fully saturated rings. The van der Waals surface area contributed by atoms with Gasteiger partial charge in [0.05, 0.1) is 17.7 Å². The third-order valence-electron chi connectivity index (χ3n) is 6.56. The Hall–Kier alpha value is -5.19. The van der Waals surface area contributed by atoms with Crippen molar-refractivity contribution in [2.24, 2.45) is 0 Å². The fourth-order valence-corrected chi connectivity index (χ4v) is 4.60. The number of non-ortho nitro benzene ring substituents is 1. The number of nitrogens with one attached hydrogen (secondary N) is 2. The number of aromatic nitrogens is 2. The lowest BCUT2D eigenvalue weighted by Gasteiger charge is -2.21. The van der Waals surface area contributed by atoms with Gasteiger partial charge in [0.1, 0.15) is 11.8 Å². The predicted molar refractivity (Wildman–Crippen MR) is 155 cm³/mol. The number of methoxy groups -OCH3 is 1. The zero-order valence-corrected chi connectivity index (χ0v) is 23.2. The molecule has 0 aliphatic heterocycles. The van der Waals surface area contributed by atoms with Gasteiger partial charge in [-0.25, -0.2) is 4.79 Å². The monoisotopic (exact) mass is 557 g/mol. The molecule has 3 aromatic carbocycles. The Bertz CT molecular complexity index is 1610. The molecule has 1 atom stereocenters. The van der Waals surface area contributed by atoms with Crippen LogP contribution < -0.4 is 21.2 Å². The standard InChI is InChI=1S/C30H31N5O6/c1-19(2)31-29(37)26(18-21-8-6-5-7-9-21)33-20(3)27(22-10-14-24(15-11-22)35(39)40)34(30(33)38)32-28(36)23-12-16-25(41-4)17-13-23/h5-17,19,26H,18H2,1-4H3,(H,31,37)(H,32,36)/t26-/m1/s1. The second-order valence-corrected chi connectivity index (χ2v) is 9.76. The van der Waals surface area contributed by atoms with Crippen LogP contribution in [0, 0.1) is 17.0 Å². The van der Waals surface area contributed by atoms with Crippen LogP contribution in [0.1, 0.15) is 41.5 Å². The third-order valence-corrected chi connectivity index (χ3v) is 6.56. The van der Waals surface area contributed by atoms with Crippen LogP contribution in [0.2, 0.25) is 0 Å². The number of benzene rings is 3. The van der Waals surface area contributed by atoms with Crippen LogP contribution in [0.25, 0.3) is 11.3 Å². The van der Waals surface area contributed by atoms with Gasteiger partial charge in [0.25, 0.3) is 11.6 Å². The summed E-state index contributed by atoms with van der Waals surface area (Å²) in [5.74, 6) is -0.364. The number of amides is 2. The van der Waals surface area contributed by atoms with E-state index >= 15 is 0 Å². The Labute approximate surface area is 236 Å². The Kier molecular flexibility index (Phi) is 8.66. The van der Waals surface area contributed by atoms with Crippen LogP contribution in [0.4, 0.5) is 5.69 Å². The largest absolute Gasteiger partial charge is 0.497 e. The van der Waals surface area contributed by atoms with Crippen LogP contribution in [-0.4, -0.2) is 39.1 Å². The number of hydrogen-bond donors (Lipinski definition) is 2. The summed E-state index contributed by atoms with van der Waals surface area (Å²) in [7, 11) is 1.51. The number of nitro groups is 1. The van der Waals surface area contributed by atoms with Crippen LogP contribution in [0.15, 0.2) is 83.7 Å². The number of nitrogens with zero attached hydrogens (tertiary/aromatic N) is 3. The highest BCUT2D eigenvalue weighted by Gasteiger charge is 2.30. The molecule has 0 saturated carbocycles. The number of nitro benzene ring substituents is 1. The van der Waals surface area contributed by atoms with Gasteiger partial charge >= 0.3 is 5.69 Å². The van der Waals surface area contributed by atoms with E-state index in [2.05, 4.69) is 10.7 Å². The predicted octanol–water partition coefficient (Wildman–Crippen LogP) is 4.23. The maximum atomic E-state index is 14.1. The van der Waals surface area contributed by atoms with Gasteiger partial charge in [-0.3, -0.25) is 29.7 Å². The summed E-state index contributed by atoms with van der Waals surface area (Å²) < 4.78 is 7.60. The lowest BCUT2D eigenvalue weighted by molar-refractivity contribution is -0.384. The van der Waals surface area contributed by atoms with Gasteiger partial charge in [0.2, 0.25) is 5.91 Å². The summed E-state index contributed by atoms with van der Waals surface area (Å²) in [6.07, 6.45) is 0.219. The molecule has 0 aliphatic rings. The van der Waals surface area contributed by atoms with E-state index in [1.807, 2.05) is 44.2 Å². The molecule has 4 aromatic rings. The summed E-state index contributed by atoms with van der Waals surface area (Å²) in [5, 5.41) is 14.2. The molecule has 11 heteroatoms. The van der Waals surface area contributed by atoms with E-state index in [9.17, 15) is 24.5 Å². The van der Waals surface area contributed by atoms with Gasteiger partial charge < -0.3 is 10.1 Å². The average molecular weight is 558 g/mol. The van der Waals surface area contributed by atoms with E-state index in [-0.39, 0.29) is 29.6 Å². The molecule has 2 amide bonds. The quantitative estimate of drug-likeness (QED) is 0.221. The van der Waals surface area contributed by atoms with Crippen molar-refractivity contribution in [1.82, 2.24) is 14.6 Å². The average Bonchev–Trinajstić information content (AvgIpc) is 3.20. The summed E-state index contributed by atoms with van der Waals surface area (Å²) >= 11 is 0. The minimum absolute atomic E-state index is 0.125. The number of rotatable bonds is 10. The fraction of sp³-hybridized carbons (Fsp3) is 0.233. The summed E-state index contributed by atoms with van der Waals surface area (Å²) in [6, 6.07) is 20.2. The van der Waals surface area contributed by atoms with Crippen LogP contribution in [0.3, 0.4) is 0 Å². The molecule has 2 N–H and O–H groups in total. The van der Waals surface area contributed by atoms with Crippen molar-refractivity contribution in [2.45, 2.75) is 39.3 Å². The Morgan fingerprint density at radius 2 is 1.61 bits per heavy atom. The van der Waals surface area contributed by atoms with Crippen LogP contribution in [-0.2, 0) is 11.2 Å². The Morgan fingerprint density at radius 3 is 2.17 bits per heavy atom. The summed E-state index contributed by atoms with van der Waals surface area (Å²) in [4.78, 5) is 51.5. The highest BCUT2D eigenvalue weighted by Crippen LogP contribution is 2.28. The second kappa shape index (κ2) is 12.3. The molecule has 1 heterocycles. The molecule has 0 aliphatic carbocycles. The third kappa shape index (κ3) is 6.35. The van der Waals surface area contributed by atoms with Gasteiger partial charge in [0, 0.05) is 41.4 Å². The highest BCUT2D eigenvalue weighted by atomic mass is 16.6. The first-order valence-electron chi connectivity index (χ1n) is 13.0. The van der Waals surface area contributed by atoms with Crippen molar-refractivity contribution in [3.63, 3.8) is 0 Å². The van der Waals surface area contributed by atoms with Crippen molar-refractivity contribution >= 4 is 17.5 Å². The highest BCUT2D eigenvalue weighted by molar-refractivity contribution is 6.00. The van der Waals surface area contributed by atoms with Crippen molar-refractivity contribution in [3.8, 4) is 17.0 Å². The molecule has 11 nitrogen and oxygen atoms in total. The van der Waals surface area contributed by atoms with Crippen molar-refractivity contribution < 1.29 is 19.2 Å². The molecule has 0 spiro atoms. The SMILES string of the molecule is COc1ccc(C(=O)Nn2c(-c3ccc([N+](=O)[O-])cc3)c(C)n([C@H](Cc3ccccc3)C(=O)NC(C)C)c2=O)cc1. The van der Waals surface area contributed by atoms with E-state index < -0.39 is 22.6 Å². The molecule has 0 bridgehead atoms. The first kappa shape index (κ1) is 28.8. The minimum atomic E-state index is -0.941. The molecule has 0 unspecified atom stereocenters. The van der Waals surface area contributed by atoms with E-state index in [1.54, 1.807) is 31.2 Å².